The maximum atomic E-state index is 6.16. The van der Waals surface area contributed by atoms with Crippen molar-refractivity contribution in [3.8, 4) is 0 Å². The first-order valence-corrected chi connectivity index (χ1v) is 8.72. The van der Waals surface area contributed by atoms with Gasteiger partial charge in [0.1, 0.15) is 0 Å². The summed E-state index contributed by atoms with van der Waals surface area (Å²) >= 11 is 3.59. The fourth-order valence-electron chi connectivity index (χ4n) is 3.03. The molecule has 1 atom stereocenters. The third-order valence-electron chi connectivity index (χ3n) is 4.58. The van der Waals surface area contributed by atoms with Gasteiger partial charge in [0.05, 0.1) is 0 Å². The van der Waals surface area contributed by atoms with Crippen LogP contribution in [0.15, 0.2) is 22.7 Å². The summed E-state index contributed by atoms with van der Waals surface area (Å²) in [6.07, 6.45) is 5.97. The number of anilines is 1. The van der Waals surface area contributed by atoms with Crippen LogP contribution >= 0.6 is 15.9 Å². The lowest BCUT2D eigenvalue weighted by molar-refractivity contribution is 0.394. The second-order valence-electron chi connectivity index (χ2n) is 5.98. The van der Waals surface area contributed by atoms with Gasteiger partial charge in [-0.1, -0.05) is 36.2 Å². The largest absolute Gasteiger partial charge is 0.371 e. The predicted molar refractivity (Wildman–Crippen MR) is 91.3 cm³/mol. The minimum absolute atomic E-state index is 0.260. The highest BCUT2D eigenvalue weighted by atomic mass is 79.9. The molecule has 1 aromatic carbocycles. The van der Waals surface area contributed by atoms with E-state index in [0.29, 0.717) is 0 Å². The molecule has 2 nitrogen and oxygen atoms in total. The van der Waals surface area contributed by atoms with Crippen LogP contribution in [0.5, 0.6) is 0 Å². The van der Waals surface area contributed by atoms with E-state index >= 15 is 0 Å². The average Bonchev–Trinajstić information content (AvgIpc) is 2.47. The molecule has 112 valence electrons. The molecular weight excluding hydrogens is 312 g/mol. The van der Waals surface area contributed by atoms with E-state index in [1.165, 1.54) is 43.6 Å². The minimum atomic E-state index is 0.260. The molecule has 0 aromatic heterocycles. The van der Waals surface area contributed by atoms with Crippen molar-refractivity contribution in [1.82, 2.24) is 0 Å². The number of benzene rings is 1. The highest BCUT2D eigenvalue weighted by Crippen LogP contribution is 2.30. The molecule has 1 aliphatic rings. The van der Waals surface area contributed by atoms with Crippen LogP contribution in [-0.4, -0.2) is 19.1 Å². The summed E-state index contributed by atoms with van der Waals surface area (Å²) in [7, 11) is 0. The smallest absolute Gasteiger partial charge is 0.0400 e. The Hall–Kier alpha value is -0.540. The van der Waals surface area contributed by atoms with Gasteiger partial charge in [-0.15, -0.1) is 0 Å². The van der Waals surface area contributed by atoms with E-state index in [2.05, 4.69) is 52.9 Å². The van der Waals surface area contributed by atoms with Crippen LogP contribution in [0, 0.1) is 5.92 Å². The number of hydrogen-bond donors (Lipinski definition) is 1. The molecule has 1 saturated heterocycles. The first-order chi connectivity index (χ1) is 9.63. The van der Waals surface area contributed by atoms with Crippen LogP contribution in [-0.2, 0) is 6.42 Å². The topological polar surface area (TPSA) is 29.3 Å². The second-order valence-corrected chi connectivity index (χ2v) is 6.90. The van der Waals surface area contributed by atoms with E-state index in [-0.39, 0.29) is 6.04 Å². The SMILES string of the molecule is CCC(N)Cc1cc(Br)ccc1N1CCC(CC)CC1. The number of piperidine rings is 1. The maximum absolute atomic E-state index is 6.16. The molecule has 20 heavy (non-hydrogen) atoms. The van der Waals surface area contributed by atoms with Crippen LogP contribution in [0.25, 0.3) is 0 Å². The number of nitrogens with two attached hydrogens (primary N) is 1. The zero-order chi connectivity index (χ0) is 14.5. The number of nitrogens with zero attached hydrogens (tertiary/aromatic N) is 1. The van der Waals surface area contributed by atoms with E-state index in [9.17, 15) is 0 Å². The summed E-state index contributed by atoms with van der Waals surface area (Å²) in [5.74, 6) is 0.919. The molecule has 0 spiro atoms. The van der Waals surface area contributed by atoms with Crippen molar-refractivity contribution in [2.45, 2.75) is 52.0 Å². The summed E-state index contributed by atoms with van der Waals surface area (Å²) in [5, 5.41) is 0. The zero-order valence-corrected chi connectivity index (χ0v) is 14.3. The lowest BCUT2D eigenvalue weighted by Crippen LogP contribution is -2.34. The monoisotopic (exact) mass is 338 g/mol. The predicted octanol–water partition coefficient (Wildman–Crippen LogP) is 4.36. The number of halogens is 1. The van der Waals surface area contributed by atoms with Crippen LogP contribution < -0.4 is 10.6 Å². The van der Waals surface area contributed by atoms with Crippen molar-refractivity contribution < 1.29 is 0 Å². The Morgan fingerprint density at radius 3 is 2.60 bits per heavy atom. The van der Waals surface area contributed by atoms with Crippen LogP contribution in [0.3, 0.4) is 0 Å². The van der Waals surface area contributed by atoms with E-state index in [1.807, 2.05) is 0 Å². The molecule has 0 radical (unpaired) electrons. The maximum Gasteiger partial charge on any atom is 0.0400 e. The highest BCUT2D eigenvalue weighted by Gasteiger charge is 2.20. The van der Waals surface area contributed by atoms with Gasteiger partial charge < -0.3 is 10.6 Å². The average molecular weight is 339 g/mol. The van der Waals surface area contributed by atoms with Crippen LogP contribution in [0.4, 0.5) is 5.69 Å². The van der Waals surface area contributed by atoms with Gasteiger partial charge in [-0.25, -0.2) is 0 Å². The Kier molecular flexibility index (Phi) is 5.91. The van der Waals surface area contributed by atoms with Gasteiger partial charge in [0.2, 0.25) is 0 Å². The van der Waals surface area contributed by atoms with Crippen molar-refractivity contribution in [2.75, 3.05) is 18.0 Å². The van der Waals surface area contributed by atoms with E-state index in [0.717, 1.165) is 23.2 Å². The number of rotatable bonds is 5. The highest BCUT2D eigenvalue weighted by molar-refractivity contribution is 9.10. The van der Waals surface area contributed by atoms with Crippen molar-refractivity contribution in [3.63, 3.8) is 0 Å². The minimum Gasteiger partial charge on any atom is -0.371 e. The van der Waals surface area contributed by atoms with E-state index in [4.69, 9.17) is 5.73 Å². The first kappa shape index (κ1) is 15.8. The van der Waals surface area contributed by atoms with Gasteiger partial charge in [-0.2, -0.15) is 0 Å². The zero-order valence-electron chi connectivity index (χ0n) is 12.7. The van der Waals surface area contributed by atoms with Crippen molar-refractivity contribution in [1.29, 1.82) is 0 Å². The lowest BCUT2D eigenvalue weighted by Gasteiger charge is -2.35. The van der Waals surface area contributed by atoms with E-state index in [1.54, 1.807) is 0 Å². The fraction of sp³-hybridized carbons (Fsp3) is 0.647. The Labute approximate surface area is 131 Å². The van der Waals surface area contributed by atoms with Gasteiger partial charge in [0.25, 0.3) is 0 Å². The molecule has 1 aromatic rings. The van der Waals surface area contributed by atoms with Crippen molar-refractivity contribution in [3.05, 3.63) is 28.2 Å². The lowest BCUT2D eigenvalue weighted by atomic mass is 9.93. The third kappa shape index (κ3) is 3.98. The van der Waals surface area contributed by atoms with Crippen molar-refractivity contribution in [2.24, 2.45) is 11.7 Å². The fourth-order valence-corrected chi connectivity index (χ4v) is 3.44. The molecule has 1 unspecified atom stereocenters. The summed E-state index contributed by atoms with van der Waals surface area (Å²) in [6.45, 7) is 6.85. The third-order valence-corrected chi connectivity index (χ3v) is 5.07. The first-order valence-electron chi connectivity index (χ1n) is 7.93. The normalized spacial score (nSPS) is 18.3. The molecule has 0 amide bonds. The molecule has 2 N–H and O–H groups in total. The summed E-state index contributed by atoms with van der Waals surface area (Å²) < 4.78 is 1.16. The Bertz CT molecular complexity index is 425. The molecule has 3 heteroatoms. The van der Waals surface area contributed by atoms with Crippen LogP contribution in [0.2, 0.25) is 0 Å². The van der Waals surface area contributed by atoms with Crippen LogP contribution in [0.1, 0.15) is 45.1 Å². The second kappa shape index (κ2) is 7.46. The molecule has 2 rings (SSSR count). The summed E-state index contributed by atoms with van der Waals surface area (Å²) in [6, 6.07) is 6.92. The van der Waals surface area contributed by atoms with E-state index < -0.39 is 0 Å². The Balaban J connectivity index is 2.14. The Morgan fingerprint density at radius 2 is 2.00 bits per heavy atom. The number of hydrogen-bond acceptors (Lipinski definition) is 2. The Morgan fingerprint density at radius 1 is 1.30 bits per heavy atom. The molecule has 1 heterocycles. The molecule has 1 aliphatic heterocycles. The molecule has 0 bridgehead atoms. The molecule has 1 fully saturated rings. The molecular formula is C17H27BrN2. The quantitative estimate of drug-likeness (QED) is 0.864. The van der Waals surface area contributed by atoms with Crippen molar-refractivity contribution >= 4 is 21.6 Å². The van der Waals surface area contributed by atoms with Gasteiger partial charge in [0, 0.05) is 29.3 Å². The summed E-state index contributed by atoms with van der Waals surface area (Å²) in [5.41, 5.74) is 8.95. The van der Waals surface area contributed by atoms with Gasteiger partial charge in [0.15, 0.2) is 0 Å². The molecule has 0 aliphatic carbocycles. The van der Waals surface area contributed by atoms with Gasteiger partial charge in [-0.3, -0.25) is 0 Å². The standard InChI is InChI=1S/C17H27BrN2/c1-3-13-7-9-20(10-8-13)17-6-5-15(18)11-14(17)12-16(19)4-2/h5-6,11,13,16H,3-4,7-10,12,19H2,1-2H3. The van der Waals surface area contributed by atoms with Gasteiger partial charge >= 0.3 is 0 Å². The summed E-state index contributed by atoms with van der Waals surface area (Å²) in [4.78, 5) is 2.55. The van der Waals surface area contributed by atoms with Gasteiger partial charge in [-0.05, 0) is 55.4 Å². The molecule has 0 saturated carbocycles.